The minimum Gasteiger partial charge on any atom is -0.490 e. The van der Waals surface area contributed by atoms with Crippen molar-refractivity contribution in [3.8, 4) is 11.5 Å². The summed E-state index contributed by atoms with van der Waals surface area (Å²) in [6.07, 6.45) is 2.86. The zero-order valence-corrected chi connectivity index (χ0v) is 14.4. The van der Waals surface area contributed by atoms with Crippen LogP contribution in [-0.4, -0.2) is 37.7 Å². The number of nitrogens with one attached hydrogen (secondary N) is 2. The summed E-state index contributed by atoms with van der Waals surface area (Å²) in [6, 6.07) is 6.06. The lowest BCUT2D eigenvalue weighted by atomic mass is 10.0. The molecular weight excluding hydrogens is 292 g/mol. The van der Waals surface area contributed by atoms with Gasteiger partial charge in [-0.2, -0.15) is 0 Å². The SMILES string of the molecule is CCCOc1ccc(C(=O)NC2CCNC(C)C2)cc1OCC. The van der Waals surface area contributed by atoms with Crippen molar-refractivity contribution >= 4 is 5.91 Å². The molecule has 0 bridgehead atoms. The number of hydrogen-bond donors (Lipinski definition) is 2. The van der Waals surface area contributed by atoms with Crippen LogP contribution in [0.1, 0.15) is 50.4 Å². The van der Waals surface area contributed by atoms with E-state index in [0.29, 0.717) is 36.3 Å². The van der Waals surface area contributed by atoms with E-state index in [4.69, 9.17) is 9.47 Å². The minimum absolute atomic E-state index is 0.0490. The van der Waals surface area contributed by atoms with Gasteiger partial charge in [0.25, 0.3) is 5.91 Å². The van der Waals surface area contributed by atoms with Gasteiger partial charge < -0.3 is 20.1 Å². The first-order valence-corrected chi connectivity index (χ1v) is 8.57. The standard InChI is InChI=1S/C18H28N2O3/c1-4-10-23-16-7-6-14(12-17(16)22-5-2)18(21)20-15-8-9-19-13(3)11-15/h6-7,12-13,15,19H,4-5,8-11H2,1-3H3,(H,20,21). The van der Waals surface area contributed by atoms with Crippen LogP contribution in [0.25, 0.3) is 0 Å². The molecule has 5 heteroatoms. The zero-order valence-electron chi connectivity index (χ0n) is 14.4. The lowest BCUT2D eigenvalue weighted by Gasteiger charge is -2.28. The van der Waals surface area contributed by atoms with Crippen molar-refractivity contribution in [3.63, 3.8) is 0 Å². The first-order valence-electron chi connectivity index (χ1n) is 8.57. The number of hydrogen-bond acceptors (Lipinski definition) is 4. The molecule has 2 N–H and O–H groups in total. The van der Waals surface area contributed by atoms with Crippen LogP contribution in [0.4, 0.5) is 0 Å². The Hall–Kier alpha value is -1.75. The van der Waals surface area contributed by atoms with Crippen molar-refractivity contribution < 1.29 is 14.3 Å². The van der Waals surface area contributed by atoms with Gasteiger partial charge in [0.15, 0.2) is 11.5 Å². The Kier molecular flexibility index (Phi) is 6.71. The normalized spacial score (nSPS) is 20.8. The molecule has 1 fully saturated rings. The van der Waals surface area contributed by atoms with Gasteiger partial charge in [-0.25, -0.2) is 0 Å². The maximum atomic E-state index is 12.5. The van der Waals surface area contributed by atoms with Crippen LogP contribution in [0.15, 0.2) is 18.2 Å². The molecule has 1 aromatic rings. The number of amides is 1. The van der Waals surface area contributed by atoms with Crippen molar-refractivity contribution in [1.82, 2.24) is 10.6 Å². The van der Waals surface area contributed by atoms with Gasteiger partial charge in [-0.3, -0.25) is 4.79 Å². The first kappa shape index (κ1) is 17.6. The quantitative estimate of drug-likeness (QED) is 0.811. The fraction of sp³-hybridized carbons (Fsp3) is 0.611. The third-order valence-electron chi connectivity index (χ3n) is 3.93. The third-order valence-corrected chi connectivity index (χ3v) is 3.93. The van der Waals surface area contributed by atoms with Crippen molar-refractivity contribution in [2.75, 3.05) is 19.8 Å². The molecule has 5 nitrogen and oxygen atoms in total. The molecule has 0 spiro atoms. The van der Waals surface area contributed by atoms with E-state index in [1.54, 1.807) is 12.1 Å². The lowest BCUT2D eigenvalue weighted by Crippen LogP contribution is -2.46. The topological polar surface area (TPSA) is 59.6 Å². The van der Waals surface area contributed by atoms with Gasteiger partial charge in [0.05, 0.1) is 13.2 Å². The Balaban J connectivity index is 2.05. The van der Waals surface area contributed by atoms with Crippen molar-refractivity contribution in [2.45, 2.75) is 52.1 Å². The molecule has 128 valence electrons. The Morgan fingerprint density at radius 2 is 2.13 bits per heavy atom. The van der Waals surface area contributed by atoms with Crippen LogP contribution in [-0.2, 0) is 0 Å². The Morgan fingerprint density at radius 3 is 2.83 bits per heavy atom. The first-order chi connectivity index (χ1) is 11.1. The summed E-state index contributed by atoms with van der Waals surface area (Å²) in [4.78, 5) is 12.5. The molecule has 1 aliphatic heterocycles. The number of piperidine rings is 1. The number of carbonyl (C=O) groups excluding carboxylic acids is 1. The largest absolute Gasteiger partial charge is 0.490 e. The van der Waals surface area contributed by atoms with E-state index in [2.05, 4.69) is 24.5 Å². The van der Waals surface area contributed by atoms with Crippen LogP contribution in [0, 0.1) is 0 Å². The summed E-state index contributed by atoms with van der Waals surface area (Å²) in [5.74, 6) is 1.28. The van der Waals surface area contributed by atoms with E-state index in [9.17, 15) is 4.79 Å². The smallest absolute Gasteiger partial charge is 0.251 e. The summed E-state index contributed by atoms with van der Waals surface area (Å²) in [6.45, 7) is 8.25. The van der Waals surface area contributed by atoms with Crippen LogP contribution in [0.3, 0.4) is 0 Å². The summed E-state index contributed by atoms with van der Waals surface area (Å²) in [5.41, 5.74) is 0.614. The van der Waals surface area contributed by atoms with E-state index in [1.165, 1.54) is 0 Å². The monoisotopic (exact) mass is 320 g/mol. The number of carbonyl (C=O) groups is 1. The second-order valence-electron chi connectivity index (χ2n) is 5.99. The summed E-state index contributed by atoms with van der Waals surface area (Å²) >= 11 is 0. The summed E-state index contributed by atoms with van der Waals surface area (Å²) in [5, 5.41) is 6.51. The summed E-state index contributed by atoms with van der Waals surface area (Å²) in [7, 11) is 0. The van der Waals surface area contributed by atoms with E-state index in [-0.39, 0.29) is 11.9 Å². The number of rotatable bonds is 7. The fourth-order valence-electron chi connectivity index (χ4n) is 2.78. The predicted octanol–water partition coefficient (Wildman–Crippen LogP) is 2.74. The second-order valence-corrected chi connectivity index (χ2v) is 5.99. The van der Waals surface area contributed by atoms with Crippen LogP contribution < -0.4 is 20.1 Å². The van der Waals surface area contributed by atoms with E-state index in [0.717, 1.165) is 25.8 Å². The number of ether oxygens (including phenoxy) is 2. The maximum Gasteiger partial charge on any atom is 0.251 e. The van der Waals surface area contributed by atoms with Crippen LogP contribution in [0.2, 0.25) is 0 Å². The van der Waals surface area contributed by atoms with Gasteiger partial charge >= 0.3 is 0 Å². The van der Waals surface area contributed by atoms with E-state index < -0.39 is 0 Å². The lowest BCUT2D eigenvalue weighted by molar-refractivity contribution is 0.0925. The van der Waals surface area contributed by atoms with Gasteiger partial charge in [-0.15, -0.1) is 0 Å². The zero-order chi connectivity index (χ0) is 16.7. The van der Waals surface area contributed by atoms with Gasteiger partial charge in [0, 0.05) is 17.6 Å². The molecule has 0 radical (unpaired) electrons. The molecule has 1 amide bonds. The molecule has 2 unspecified atom stereocenters. The predicted molar refractivity (Wildman–Crippen MR) is 91.3 cm³/mol. The second kappa shape index (κ2) is 8.77. The average Bonchev–Trinajstić information content (AvgIpc) is 2.54. The van der Waals surface area contributed by atoms with Gasteiger partial charge in [0.1, 0.15) is 0 Å². The molecule has 0 saturated carbocycles. The van der Waals surface area contributed by atoms with Gasteiger partial charge in [0.2, 0.25) is 0 Å². The highest BCUT2D eigenvalue weighted by atomic mass is 16.5. The average molecular weight is 320 g/mol. The molecule has 2 rings (SSSR count). The Morgan fingerprint density at radius 1 is 1.30 bits per heavy atom. The fourth-order valence-corrected chi connectivity index (χ4v) is 2.78. The van der Waals surface area contributed by atoms with Crippen molar-refractivity contribution in [1.29, 1.82) is 0 Å². The Bertz CT molecular complexity index is 519. The highest BCUT2D eigenvalue weighted by molar-refractivity contribution is 5.95. The molecular formula is C18H28N2O3. The van der Waals surface area contributed by atoms with Gasteiger partial charge in [-0.05, 0) is 57.9 Å². The summed E-state index contributed by atoms with van der Waals surface area (Å²) < 4.78 is 11.3. The number of benzene rings is 1. The highest BCUT2D eigenvalue weighted by Crippen LogP contribution is 2.28. The van der Waals surface area contributed by atoms with Gasteiger partial charge in [-0.1, -0.05) is 6.92 Å². The molecule has 2 atom stereocenters. The molecule has 1 aliphatic rings. The Labute approximate surface area is 138 Å². The highest BCUT2D eigenvalue weighted by Gasteiger charge is 2.21. The third kappa shape index (κ3) is 5.13. The molecule has 23 heavy (non-hydrogen) atoms. The van der Waals surface area contributed by atoms with Crippen LogP contribution in [0.5, 0.6) is 11.5 Å². The molecule has 1 saturated heterocycles. The van der Waals surface area contributed by atoms with Crippen LogP contribution >= 0.6 is 0 Å². The van der Waals surface area contributed by atoms with Crippen molar-refractivity contribution in [2.24, 2.45) is 0 Å². The minimum atomic E-state index is -0.0490. The maximum absolute atomic E-state index is 12.5. The molecule has 1 heterocycles. The molecule has 0 aliphatic carbocycles. The van der Waals surface area contributed by atoms with E-state index >= 15 is 0 Å². The molecule has 1 aromatic carbocycles. The molecule has 0 aromatic heterocycles. The van der Waals surface area contributed by atoms with E-state index in [1.807, 2.05) is 13.0 Å². The van der Waals surface area contributed by atoms with Crippen molar-refractivity contribution in [3.05, 3.63) is 23.8 Å².